The van der Waals surface area contributed by atoms with E-state index in [4.69, 9.17) is 4.74 Å². The molecule has 1 atom stereocenters. The molecule has 0 spiro atoms. The van der Waals surface area contributed by atoms with Crippen molar-refractivity contribution in [3.8, 4) is 16.9 Å². The number of rotatable bonds is 2. The first-order valence-corrected chi connectivity index (χ1v) is 7.02. The molecule has 0 fully saturated rings. The number of ether oxygens (including phenoxy) is 1. The SMILES string of the molecule is COc1ccc2c(c1)-c1cc(C(C)=O)ccc1S2=O. The molecule has 3 rings (SSSR count). The maximum absolute atomic E-state index is 12.4. The molecule has 3 nitrogen and oxygen atoms in total. The zero-order valence-corrected chi connectivity index (χ0v) is 11.4. The Morgan fingerprint density at radius 3 is 2.32 bits per heavy atom. The smallest absolute Gasteiger partial charge is 0.159 e. The van der Waals surface area contributed by atoms with E-state index in [9.17, 15) is 9.00 Å². The molecule has 1 heterocycles. The Balaban J connectivity index is 2.26. The number of carbonyl (C=O) groups is 1. The Bertz CT molecular complexity index is 719. The van der Waals surface area contributed by atoms with Crippen LogP contribution in [-0.4, -0.2) is 17.1 Å². The Kier molecular flexibility index (Phi) is 2.75. The number of fused-ring (bicyclic) bond motifs is 3. The number of hydrogen-bond acceptors (Lipinski definition) is 3. The van der Waals surface area contributed by atoms with Crippen molar-refractivity contribution < 1.29 is 13.7 Å². The van der Waals surface area contributed by atoms with Crippen molar-refractivity contribution in [2.75, 3.05) is 7.11 Å². The highest BCUT2D eigenvalue weighted by Gasteiger charge is 2.26. The lowest BCUT2D eigenvalue weighted by molar-refractivity contribution is 0.101. The van der Waals surface area contributed by atoms with E-state index in [1.807, 2.05) is 12.1 Å². The van der Waals surface area contributed by atoms with Gasteiger partial charge in [0.25, 0.3) is 0 Å². The molecule has 1 aliphatic heterocycles. The fourth-order valence-corrected chi connectivity index (χ4v) is 3.61. The molecule has 1 aliphatic rings. The van der Waals surface area contributed by atoms with E-state index < -0.39 is 10.8 Å². The normalized spacial score (nSPS) is 15.8. The highest BCUT2D eigenvalue weighted by atomic mass is 32.2. The van der Waals surface area contributed by atoms with Crippen LogP contribution in [0.25, 0.3) is 11.1 Å². The van der Waals surface area contributed by atoms with Gasteiger partial charge in [0.05, 0.1) is 27.7 Å². The molecule has 96 valence electrons. The summed E-state index contributed by atoms with van der Waals surface area (Å²) in [6.07, 6.45) is 0. The second-order valence-corrected chi connectivity index (χ2v) is 5.82. The standard InChI is InChI=1S/C15H12O3S/c1-9(16)10-3-5-14-12(7-10)13-8-11(18-2)4-6-15(13)19(14)17/h3-8H,1-2H3. The molecule has 0 saturated heterocycles. The summed E-state index contributed by atoms with van der Waals surface area (Å²) in [6.45, 7) is 1.53. The van der Waals surface area contributed by atoms with Gasteiger partial charge in [0, 0.05) is 16.7 Å². The first kappa shape index (κ1) is 12.1. The van der Waals surface area contributed by atoms with Gasteiger partial charge in [-0.05, 0) is 37.3 Å². The topological polar surface area (TPSA) is 43.4 Å². The Hall–Kier alpha value is -1.94. The zero-order valence-electron chi connectivity index (χ0n) is 10.6. The van der Waals surface area contributed by atoms with E-state index in [0.717, 1.165) is 26.7 Å². The second-order valence-electron chi connectivity index (χ2n) is 4.40. The van der Waals surface area contributed by atoms with Crippen LogP contribution in [0, 0.1) is 0 Å². The number of carbonyl (C=O) groups excluding carboxylic acids is 1. The maximum atomic E-state index is 12.4. The van der Waals surface area contributed by atoms with Gasteiger partial charge < -0.3 is 4.74 Å². The molecular formula is C15H12O3S. The van der Waals surface area contributed by atoms with Crippen LogP contribution < -0.4 is 4.74 Å². The fraction of sp³-hybridized carbons (Fsp3) is 0.133. The Labute approximate surface area is 113 Å². The monoisotopic (exact) mass is 272 g/mol. The highest BCUT2D eigenvalue weighted by molar-refractivity contribution is 7.85. The number of methoxy groups -OCH3 is 1. The van der Waals surface area contributed by atoms with Crippen molar-refractivity contribution in [3.63, 3.8) is 0 Å². The molecule has 0 bridgehead atoms. The summed E-state index contributed by atoms with van der Waals surface area (Å²) in [5.41, 5.74) is 2.38. The van der Waals surface area contributed by atoms with E-state index in [1.54, 1.807) is 31.4 Å². The van der Waals surface area contributed by atoms with Crippen molar-refractivity contribution >= 4 is 16.6 Å². The van der Waals surface area contributed by atoms with Gasteiger partial charge in [0.2, 0.25) is 0 Å². The van der Waals surface area contributed by atoms with E-state index in [-0.39, 0.29) is 5.78 Å². The first-order valence-electron chi connectivity index (χ1n) is 5.87. The van der Waals surface area contributed by atoms with Gasteiger partial charge in [-0.2, -0.15) is 0 Å². The van der Waals surface area contributed by atoms with Gasteiger partial charge in [-0.15, -0.1) is 0 Å². The molecule has 0 aliphatic carbocycles. The van der Waals surface area contributed by atoms with E-state index in [1.165, 1.54) is 6.92 Å². The number of hydrogen-bond donors (Lipinski definition) is 0. The molecule has 2 aromatic carbocycles. The van der Waals surface area contributed by atoms with Crippen LogP contribution in [0.3, 0.4) is 0 Å². The molecule has 2 aromatic rings. The summed E-state index contributed by atoms with van der Waals surface area (Å²) in [6, 6.07) is 10.8. The molecule has 1 unspecified atom stereocenters. The predicted molar refractivity (Wildman–Crippen MR) is 73.1 cm³/mol. The molecule has 0 amide bonds. The van der Waals surface area contributed by atoms with Crippen molar-refractivity contribution in [2.45, 2.75) is 16.7 Å². The Morgan fingerprint density at radius 2 is 1.68 bits per heavy atom. The molecule has 19 heavy (non-hydrogen) atoms. The minimum absolute atomic E-state index is 0.00456. The van der Waals surface area contributed by atoms with Crippen LogP contribution >= 0.6 is 0 Å². The third-order valence-electron chi connectivity index (χ3n) is 3.26. The Morgan fingerprint density at radius 1 is 1.05 bits per heavy atom. The molecule has 0 saturated carbocycles. The fourth-order valence-electron chi connectivity index (χ4n) is 2.25. The largest absolute Gasteiger partial charge is 0.497 e. The van der Waals surface area contributed by atoms with E-state index in [0.29, 0.717) is 5.56 Å². The van der Waals surface area contributed by atoms with Crippen molar-refractivity contribution in [3.05, 3.63) is 42.0 Å². The van der Waals surface area contributed by atoms with Crippen LogP contribution in [0.15, 0.2) is 46.2 Å². The van der Waals surface area contributed by atoms with E-state index >= 15 is 0 Å². The lowest BCUT2D eigenvalue weighted by Crippen LogP contribution is -1.93. The lowest BCUT2D eigenvalue weighted by Gasteiger charge is -2.04. The van der Waals surface area contributed by atoms with Gasteiger partial charge in [0.1, 0.15) is 5.75 Å². The van der Waals surface area contributed by atoms with Gasteiger partial charge in [-0.25, -0.2) is 4.21 Å². The number of benzene rings is 2. The van der Waals surface area contributed by atoms with Crippen LogP contribution in [0.4, 0.5) is 0 Å². The minimum Gasteiger partial charge on any atom is -0.497 e. The molecule has 0 N–H and O–H groups in total. The molecular weight excluding hydrogens is 260 g/mol. The second kappa shape index (κ2) is 4.31. The zero-order chi connectivity index (χ0) is 13.6. The van der Waals surface area contributed by atoms with Crippen molar-refractivity contribution in [1.29, 1.82) is 0 Å². The van der Waals surface area contributed by atoms with Crippen LogP contribution in [0.5, 0.6) is 5.75 Å². The van der Waals surface area contributed by atoms with Gasteiger partial charge in [-0.1, -0.05) is 6.07 Å². The minimum atomic E-state index is -1.17. The van der Waals surface area contributed by atoms with E-state index in [2.05, 4.69) is 0 Å². The summed E-state index contributed by atoms with van der Waals surface area (Å²) >= 11 is 0. The third kappa shape index (κ3) is 1.79. The van der Waals surface area contributed by atoms with Crippen LogP contribution in [-0.2, 0) is 10.8 Å². The highest BCUT2D eigenvalue weighted by Crippen LogP contribution is 2.42. The number of ketones is 1. The van der Waals surface area contributed by atoms with Crippen molar-refractivity contribution in [1.82, 2.24) is 0 Å². The quantitative estimate of drug-likeness (QED) is 0.673. The summed E-state index contributed by atoms with van der Waals surface area (Å²) < 4.78 is 17.6. The molecule has 0 aromatic heterocycles. The van der Waals surface area contributed by atoms with Crippen LogP contribution in [0.1, 0.15) is 17.3 Å². The summed E-state index contributed by atoms with van der Waals surface area (Å²) in [5.74, 6) is 0.724. The molecule has 0 radical (unpaired) electrons. The van der Waals surface area contributed by atoms with Crippen molar-refractivity contribution in [2.24, 2.45) is 0 Å². The third-order valence-corrected chi connectivity index (χ3v) is 4.77. The first-order chi connectivity index (χ1) is 9.11. The summed E-state index contributed by atoms with van der Waals surface area (Å²) in [5, 5.41) is 0. The summed E-state index contributed by atoms with van der Waals surface area (Å²) in [7, 11) is 0.426. The predicted octanol–water partition coefficient (Wildman–Crippen LogP) is 3.04. The molecule has 4 heteroatoms. The van der Waals surface area contributed by atoms with Gasteiger partial charge in [-0.3, -0.25) is 4.79 Å². The van der Waals surface area contributed by atoms with Gasteiger partial charge in [0.15, 0.2) is 5.78 Å². The lowest BCUT2D eigenvalue weighted by atomic mass is 10.0. The maximum Gasteiger partial charge on any atom is 0.159 e. The van der Waals surface area contributed by atoms with Gasteiger partial charge >= 0.3 is 0 Å². The average molecular weight is 272 g/mol. The number of Topliss-reactive ketones (excluding diaryl/α,β-unsaturated/α-hetero) is 1. The van der Waals surface area contributed by atoms with Crippen LogP contribution in [0.2, 0.25) is 0 Å². The average Bonchev–Trinajstić information content (AvgIpc) is 2.71. The summed E-state index contributed by atoms with van der Waals surface area (Å²) in [4.78, 5) is 13.0.